The standard InChI is InChI=1S/C35H39N3O6/c1-6-24-21-35(24,33(41)42-7-2)38-31(39)26-18-25(19-27(26)32(40)44-34(3,4)5)43-29-20-28(22-14-10-8-11-15-22)36-30(37-29)23-16-12-9-13-17-23/h6,8-17,20,24-27H,1,7,18-19,21H2,2-5H3,(H,38,39). The van der Waals surface area contributed by atoms with Gasteiger partial charge in [-0.1, -0.05) is 66.7 Å². The van der Waals surface area contributed by atoms with Crippen LogP contribution in [0.3, 0.4) is 0 Å². The third kappa shape index (κ3) is 6.82. The minimum atomic E-state index is -1.17. The zero-order valence-corrected chi connectivity index (χ0v) is 25.6. The number of benzene rings is 2. The monoisotopic (exact) mass is 597 g/mol. The van der Waals surface area contributed by atoms with Crippen molar-refractivity contribution in [2.24, 2.45) is 17.8 Å². The lowest BCUT2D eigenvalue weighted by Crippen LogP contribution is -2.49. The molecule has 5 atom stereocenters. The highest BCUT2D eigenvalue weighted by Gasteiger charge is 2.62. The number of amides is 1. The Morgan fingerprint density at radius 1 is 0.977 bits per heavy atom. The summed E-state index contributed by atoms with van der Waals surface area (Å²) in [5, 5.41) is 2.91. The van der Waals surface area contributed by atoms with Crippen LogP contribution >= 0.6 is 0 Å². The van der Waals surface area contributed by atoms with Crippen molar-refractivity contribution in [2.75, 3.05) is 6.61 Å². The van der Waals surface area contributed by atoms with E-state index in [2.05, 4.69) is 11.9 Å². The van der Waals surface area contributed by atoms with Crippen LogP contribution in [0, 0.1) is 17.8 Å². The molecule has 5 unspecified atom stereocenters. The third-order valence-corrected chi connectivity index (χ3v) is 7.94. The molecule has 2 aliphatic carbocycles. The van der Waals surface area contributed by atoms with Gasteiger partial charge in [0, 0.05) is 23.1 Å². The largest absolute Gasteiger partial charge is 0.474 e. The Kier molecular flexibility index (Phi) is 8.85. The number of nitrogens with one attached hydrogen (secondary N) is 1. The molecule has 0 spiro atoms. The number of nitrogens with zero attached hydrogens (tertiary/aromatic N) is 2. The fourth-order valence-corrected chi connectivity index (χ4v) is 5.72. The minimum Gasteiger partial charge on any atom is -0.474 e. The van der Waals surface area contributed by atoms with Crippen LogP contribution in [0.1, 0.15) is 47.0 Å². The number of aromatic nitrogens is 2. The van der Waals surface area contributed by atoms with Crippen LogP contribution in [0.2, 0.25) is 0 Å². The predicted octanol–water partition coefficient (Wildman–Crippen LogP) is 5.55. The molecule has 1 N–H and O–H groups in total. The maximum absolute atomic E-state index is 13.8. The first-order valence-corrected chi connectivity index (χ1v) is 15.0. The second kappa shape index (κ2) is 12.6. The third-order valence-electron chi connectivity index (χ3n) is 7.94. The highest BCUT2D eigenvalue weighted by atomic mass is 16.6. The quantitative estimate of drug-likeness (QED) is 0.239. The van der Waals surface area contributed by atoms with Gasteiger partial charge in [-0.25, -0.2) is 9.78 Å². The molecule has 44 heavy (non-hydrogen) atoms. The van der Waals surface area contributed by atoms with Gasteiger partial charge in [-0.2, -0.15) is 4.98 Å². The number of ether oxygens (including phenoxy) is 3. The van der Waals surface area contributed by atoms with E-state index < -0.39 is 46.9 Å². The summed E-state index contributed by atoms with van der Waals surface area (Å²) in [6.45, 7) is 11.1. The van der Waals surface area contributed by atoms with Crippen molar-refractivity contribution >= 4 is 17.8 Å². The van der Waals surface area contributed by atoms with E-state index in [1.54, 1.807) is 39.8 Å². The van der Waals surface area contributed by atoms with Gasteiger partial charge in [0.2, 0.25) is 11.8 Å². The fraction of sp³-hybridized carbons (Fsp3) is 0.400. The molecule has 0 aliphatic heterocycles. The van der Waals surface area contributed by atoms with Gasteiger partial charge in [-0.05, 0) is 47.0 Å². The summed E-state index contributed by atoms with van der Waals surface area (Å²) in [6, 6.07) is 21.1. The molecule has 230 valence electrons. The second-order valence-electron chi connectivity index (χ2n) is 12.3. The Hall–Kier alpha value is -4.53. The molecule has 5 rings (SSSR count). The van der Waals surface area contributed by atoms with Gasteiger partial charge in [0.15, 0.2) is 5.82 Å². The van der Waals surface area contributed by atoms with Crippen molar-refractivity contribution in [3.05, 3.63) is 79.4 Å². The van der Waals surface area contributed by atoms with Gasteiger partial charge in [0.25, 0.3) is 0 Å². The molecule has 1 aromatic heterocycles. The molecule has 0 saturated heterocycles. The first-order valence-electron chi connectivity index (χ1n) is 15.0. The van der Waals surface area contributed by atoms with Crippen molar-refractivity contribution in [3.8, 4) is 28.5 Å². The SMILES string of the molecule is C=CC1CC1(NC(=O)C1CC(Oc2cc(-c3ccccc3)nc(-c3ccccc3)n2)CC1C(=O)OC(C)(C)C)C(=O)OCC. The summed E-state index contributed by atoms with van der Waals surface area (Å²) in [5.74, 6) is -2.36. The molecule has 9 heteroatoms. The molecule has 0 radical (unpaired) electrons. The highest BCUT2D eigenvalue weighted by Crippen LogP contribution is 2.46. The summed E-state index contributed by atoms with van der Waals surface area (Å²) in [4.78, 5) is 49.5. The molecule has 2 saturated carbocycles. The summed E-state index contributed by atoms with van der Waals surface area (Å²) in [6.07, 6.45) is 2.01. The van der Waals surface area contributed by atoms with Gasteiger partial charge >= 0.3 is 11.9 Å². The van der Waals surface area contributed by atoms with E-state index in [0.29, 0.717) is 23.8 Å². The predicted molar refractivity (Wildman–Crippen MR) is 165 cm³/mol. The van der Waals surface area contributed by atoms with E-state index in [1.807, 2.05) is 60.7 Å². The van der Waals surface area contributed by atoms with Crippen molar-refractivity contribution in [3.63, 3.8) is 0 Å². The van der Waals surface area contributed by atoms with Gasteiger partial charge in [0.05, 0.1) is 24.1 Å². The Bertz CT molecular complexity index is 1460. The van der Waals surface area contributed by atoms with Gasteiger partial charge < -0.3 is 19.5 Å². The molecule has 2 fully saturated rings. The lowest BCUT2D eigenvalue weighted by molar-refractivity contribution is -0.163. The number of hydrogen-bond acceptors (Lipinski definition) is 8. The summed E-state index contributed by atoms with van der Waals surface area (Å²) < 4.78 is 17.4. The Morgan fingerprint density at radius 3 is 2.20 bits per heavy atom. The first kappa shape index (κ1) is 30.9. The minimum absolute atomic E-state index is 0.190. The maximum atomic E-state index is 13.8. The van der Waals surface area contributed by atoms with Crippen LogP contribution in [-0.4, -0.2) is 51.7 Å². The molecule has 0 bridgehead atoms. The van der Waals surface area contributed by atoms with Gasteiger partial charge in [0.1, 0.15) is 17.2 Å². The molecule has 9 nitrogen and oxygen atoms in total. The molecule has 2 aromatic carbocycles. The maximum Gasteiger partial charge on any atom is 0.332 e. The smallest absolute Gasteiger partial charge is 0.332 e. The van der Waals surface area contributed by atoms with Crippen LogP contribution in [0.4, 0.5) is 0 Å². The average Bonchev–Trinajstić information content (AvgIpc) is 3.56. The zero-order valence-electron chi connectivity index (χ0n) is 25.6. The van der Waals surface area contributed by atoms with E-state index in [9.17, 15) is 14.4 Å². The van der Waals surface area contributed by atoms with E-state index in [0.717, 1.165) is 11.1 Å². The number of hydrogen-bond donors (Lipinski definition) is 1. The summed E-state index contributed by atoms with van der Waals surface area (Å²) in [7, 11) is 0. The van der Waals surface area contributed by atoms with E-state index in [4.69, 9.17) is 24.2 Å². The van der Waals surface area contributed by atoms with Crippen molar-refractivity contribution in [2.45, 2.75) is 64.2 Å². The second-order valence-corrected chi connectivity index (χ2v) is 12.3. The van der Waals surface area contributed by atoms with E-state index in [1.165, 1.54) is 0 Å². The Labute approximate surface area is 258 Å². The highest BCUT2D eigenvalue weighted by molar-refractivity contribution is 5.94. The Morgan fingerprint density at radius 2 is 1.61 bits per heavy atom. The normalized spacial score (nSPS) is 24.2. The fourth-order valence-electron chi connectivity index (χ4n) is 5.72. The number of carbonyl (C=O) groups is 3. The van der Waals surface area contributed by atoms with Crippen LogP contribution in [-0.2, 0) is 23.9 Å². The van der Waals surface area contributed by atoms with E-state index in [-0.39, 0.29) is 25.4 Å². The van der Waals surface area contributed by atoms with Crippen LogP contribution in [0.5, 0.6) is 5.88 Å². The lowest BCUT2D eigenvalue weighted by Gasteiger charge is -2.25. The molecule has 1 amide bonds. The first-order chi connectivity index (χ1) is 21.0. The molecular weight excluding hydrogens is 558 g/mol. The Balaban J connectivity index is 1.43. The molecular formula is C35H39N3O6. The number of carbonyl (C=O) groups excluding carboxylic acids is 3. The molecule has 2 aliphatic rings. The number of rotatable bonds is 10. The zero-order chi connectivity index (χ0) is 31.5. The van der Waals surface area contributed by atoms with Crippen LogP contribution < -0.4 is 10.1 Å². The number of esters is 2. The van der Waals surface area contributed by atoms with Gasteiger partial charge in [-0.15, -0.1) is 6.58 Å². The molecule has 1 heterocycles. The molecule has 3 aromatic rings. The summed E-state index contributed by atoms with van der Waals surface area (Å²) >= 11 is 0. The summed E-state index contributed by atoms with van der Waals surface area (Å²) in [5.41, 5.74) is 0.503. The van der Waals surface area contributed by atoms with Crippen LogP contribution in [0.15, 0.2) is 79.4 Å². The average molecular weight is 598 g/mol. The van der Waals surface area contributed by atoms with Crippen molar-refractivity contribution in [1.82, 2.24) is 15.3 Å². The topological polar surface area (TPSA) is 117 Å². The van der Waals surface area contributed by atoms with Crippen molar-refractivity contribution < 1.29 is 28.6 Å². The van der Waals surface area contributed by atoms with Crippen LogP contribution in [0.25, 0.3) is 22.6 Å². The van der Waals surface area contributed by atoms with Crippen molar-refractivity contribution in [1.29, 1.82) is 0 Å². The van der Waals surface area contributed by atoms with E-state index >= 15 is 0 Å². The lowest BCUT2D eigenvalue weighted by atomic mass is 9.94. The van der Waals surface area contributed by atoms with Gasteiger partial charge in [-0.3, -0.25) is 9.59 Å².